The zero-order chi connectivity index (χ0) is 22.2. The second kappa shape index (κ2) is 4.08. The summed E-state index contributed by atoms with van der Waals surface area (Å²) in [6.45, 7) is 0.226. The number of hydrogen-bond donors (Lipinski definition) is 1. The van der Waals surface area contributed by atoms with Crippen molar-refractivity contribution in [2.45, 2.75) is 48.7 Å². The number of hydrogen-bond acceptors (Lipinski definition) is 5. The number of Topliss-reactive ketones (excluding diaryl/α,β-unsaturated/α-hetero) is 1. The highest BCUT2D eigenvalue weighted by molar-refractivity contribution is 5.90. The summed E-state index contributed by atoms with van der Waals surface area (Å²) >= 11 is 0. The highest BCUT2D eigenvalue weighted by Gasteiger charge is 2.72. The van der Waals surface area contributed by atoms with E-state index in [0.717, 1.165) is 0 Å². The Bertz CT molecular complexity index is 1030. The molecule has 1 aromatic carbocycles. The van der Waals surface area contributed by atoms with Crippen LogP contribution in [0.2, 0.25) is 0 Å². The van der Waals surface area contributed by atoms with Crippen molar-refractivity contribution >= 4 is 5.78 Å². The highest BCUT2D eigenvalue weighted by Crippen LogP contribution is 2.64. The van der Waals surface area contributed by atoms with E-state index in [0.29, 0.717) is 0 Å². The maximum absolute atomic E-state index is 13.2. The Morgan fingerprint density at radius 3 is 3.17 bits per heavy atom. The van der Waals surface area contributed by atoms with Gasteiger partial charge in [-0.2, -0.15) is 0 Å². The predicted octanol–water partition coefficient (Wildman–Crippen LogP) is 1.05. The second-order valence-corrected chi connectivity index (χ2v) is 6.58. The van der Waals surface area contributed by atoms with Gasteiger partial charge in [0.05, 0.1) is 22.2 Å². The summed E-state index contributed by atoms with van der Waals surface area (Å²) in [7, 11) is 2.82. The third kappa shape index (κ3) is 1.32. The van der Waals surface area contributed by atoms with Crippen LogP contribution in [0.4, 0.5) is 0 Å². The first-order valence-corrected chi connectivity index (χ1v) is 7.61. The van der Waals surface area contributed by atoms with Gasteiger partial charge >= 0.3 is 0 Å². The van der Waals surface area contributed by atoms with Crippen LogP contribution in [0.5, 0.6) is 11.5 Å². The quantitative estimate of drug-likeness (QED) is 0.837. The van der Waals surface area contributed by atoms with Crippen LogP contribution in [0.15, 0.2) is 12.1 Å². The lowest BCUT2D eigenvalue weighted by molar-refractivity contribution is -0.185. The molecule has 2 fully saturated rings. The Labute approximate surface area is 145 Å². The summed E-state index contributed by atoms with van der Waals surface area (Å²) < 4.78 is 71.2. The summed E-state index contributed by atoms with van der Waals surface area (Å²) in [5.74, 6) is -1.61. The number of benzene rings is 1. The number of likely N-dealkylation sites (tertiary alicyclic amines) is 1. The minimum absolute atomic E-state index is 0.00366. The number of carbonyl (C=O) groups excluding carboxylic acids is 1. The molecule has 4 aliphatic rings. The van der Waals surface area contributed by atoms with Crippen molar-refractivity contribution < 1.29 is 29.0 Å². The van der Waals surface area contributed by atoms with E-state index in [9.17, 15) is 9.90 Å². The molecule has 1 N–H and O–H groups in total. The molecular weight excluding hydrogens is 294 g/mol. The number of aliphatic hydroxyl groups is 1. The molecule has 5 nitrogen and oxygen atoms in total. The molecule has 2 aliphatic heterocycles. The second-order valence-electron chi connectivity index (χ2n) is 6.58. The Morgan fingerprint density at radius 1 is 1.57 bits per heavy atom. The topological polar surface area (TPSA) is 59.0 Å². The monoisotopic (exact) mass is 322 g/mol. The van der Waals surface area contributed by atoms with Crippen LogP contribution in [0.1, 0.15) is 39.9 Å². The fraction of sp³-hybridized carbons (Fsp3) is 0.611. The summed E-state index contributed by atoms with van der Waals surface area (Å²) in [4.78, 5) is 14.8. The van der Waals surface area contributed by atoms with Crippen molar-refractivity contribution in [3.05, 3.63) is 23.2 Å². The molecule has 4 atom stereocenters. The molecule has 1 aromatic rings. The minimum Gasteiger partial charge on any atom is -0.493 e. The Hall–Kier alpha value is -1.59. The largest absolute Gasteiger partial charge is 0.493 e. The molecule has 1 saturated carbocycles. The molecule has 2 bridgehead atoms. The van der Waals surface area contributed by atoms with E-state index in [1.54, 1.807) is 11.9 Å². The predicted molar refractivity (Wildman–Crippen MR) is 83.0 cm³/mol. The lowest BCUT2D eigenvalue weighted by Gasteiger charge is -2.62. The summed E-state index contributed by atoms with van der Waals surface area (Å²) in [6.07, 6.45) is -8.26. The number of likely N-dealkylation sites (N-methyl/N-ethyl adjacent to an activating group) is 1. The van der Waals surface area contributed by atoms with Gasteiger partial charge in [0.25, 0.3) is 0 Å². The molecule has 1 saturated heterocycles. The van der Waals surface area contributed by atoms with Gasteiger partial charge in [-0.3, -0.25) is 4.79 Å². The van der Waals surface area contributed by atoms with Gasteiger partial charge in [-0.25, -0.2) is 0 Å². The van der Waals surface area contributed by atoms with Gasteiger partial charge in [0.1, 0.15) is 0 Å². The lowest BCUT2D eigenvalue weighted by Crippen LogP contribution is -2.76. The summed E-state index contributed by atoms with van der Waals surface area (Å²) in [6, 6.07) is -2.24. The Kier molecular flexibility index (Phi) is 1.51. The molecule has 1 spiro atoms. The fourth-order valence-corrected chi connectivity index (χ4v) is 4.61. The average molecular weight is 322 g/mol. The molecule has 5 rings (SSSR count). The van der Waals surface area contributed by atoms with Crippen molar-refractivity contribution in [2.75, 3.05) is 20.7 Å². The number of methoxy groups -OCH3 is 1. The smallest absolute Gasteiger partial charge is 0.174 e. The van der Waals surface area contributed by atoms with E-state index in [1.807, 2.05) is 0 Å². The first-order valence-electron chi connectivity index (χ1n) is 11.1. The molecule has 23 heavy (non-hydrogen) atoms. The van der Waals surface area contributed by atoms with Crippen LogP contribution in [-0.2, 0) is 16.6 Å². The van der Waals surface area contributed by atoms with Crippen molar-refractivity contribution in [3.8, 4) is 11.5 Å². The average Bonchev–Trinajstić information content (AvgIpc) is 2.87. The molecule has 5 heteroatoms. The van der Waals surface area contributed by atoms with E-state index in [1.165, 1.54) is 7.11 Å². The van der Waals surface area contributed by atoms with Crippen LogP contribution in [0, 0.1) is 0 Å². The highest BCUT2D eigenvalue weighted by atomic mass is 16.5. The standard InChI is InChI=1S/C18H21NO4/c1-19-8-7-17-14-10-3-4-12(22-2)15(14)23-16(17)11(20)5-6-18(17,21)13(19)9-10/h3-4,13,16,21H,5-9H2,1-2H3/t13-,16?,17+,18-/m1/s1/i3D,4D,5D2,9D2,16D. The molecule has 1 unspecified atom stereocenters. The van der Waals surface area contributed by atoms with Crippen molar-refractivity contribution in [1.82, 2.24) is 4.90 Å². The van der Waals surface area contributed by atoms with Gasteiger partial charge in [0, 0.05) is 23.5 Å². The Morgan fingerprint density at radius 2 is 2.39 bits per heavy atom. The van der Waals surface area contributed by atoms with Gasteiger partial charge in [-0.15, -0.1) is 0 Å². The summed E-state index contributed by atoms with van der Waals surface area (Å²) in [5.41, 5.74) is -4.15. The third-order valence-electron chi connectivity index (χ3n) is 5.68. The van der Waals surface area contributed by atoms with Crippen LogP contribution < -0.4 is 9.47 Å². The van der Waals surface area contributed by atoms with Crippen LogP contribution in [-0.4, -0.2) is 54.2 Å². The van der Waals surface area contributed by atoms with Crippen LogP contribution >= 0.6 is 0 Å². The molecule has 2 heterocycles. The van der Waals surface area contributed by atoms with Gasteiger partial charge in [0.2, 0.25) is 0 Å². The normalized spacial score (nSPS) is 52.6. The van der Waals surface area contributed by atoms with Crippen LogP contribution in [0.3, 0.4) is 0 Å². The number of piperidine rings is 1. The van der Waals surface area contributed by atoms with E-state index in [2.05, 4.69) is 0 Å². The van der Waals surface area contributed by atoms with E-state index in [-0.39, 0.29) is 35.6 Å². The van der Waals surface area contributed by atoms with Crippen molar-refractivity contribution in [3.63, 3.8) is 0 Å². The molecule has 0 aromatic heterocycles. The van der Waals surface area contributed by atoms with Gasteiger partial charge in [-0.1, -0.05) is 6.04 Å². The number of carbonyl (C=O) groups is 1. The lowest BCUT2D eigenvalue weighted by atomic mass is 9.49. The zero-order valence-electron chi connectivity index (χ0n) is 19.8. The number of ether oxygens (including phenoxy) is 2. The van der Waals surface area contributed by atoms with E-state index >= 15 is 0 Å². The maximum atomic E-state index is 13.2. The van der Waals surface area contributed by atoms with Gasteiger partial charge in [-0.05, 0) is 44.4 Å². The van der Waals surface area contributed by atoms with E-state index in [4.69, 9.17) is 19.1 Å². The Balaban J connectivity index is 2.02. The fourth-order valence-electron chi connectivity index (χ4n) is 4.61. The maximum Gasteiger partial charge on any atom is 0.174 e. The summed E-state index contributed by atoms with van der Waals surface area (Å²) in [5, 5.41) is 12.0. The number of ketones is 1. The van der Waals surface area contributed by atoms with E-state index < -0.39 is 60.2 Å². The third-order valence-corrected chi connectivity index (χ3v) is 5.68. The van der Waals surface area contributed by atoms with Gasteiger partial charge < -0.3 is 19.5 Å². The number of rotatable bonds is 1. The van der Waals surface area contributed by atoms with Crippen LogP contribution in [0.25, 0.3) is 0 Å². The zero-order valence-corrected chi connectivity index (χ0v) is 12.8. The SMILES string of the molecule is [2H]c1c([2H])c2c3c(c1OC)OC1([2H])C(=O)C([2H])([2H])C[C@@]4(O)[C@H](N(C)CC[C@]314)C2([2H])[2H]. The molecule has 2 aliphatic carbocycles. The molecule has 122 valence electrons. The molecular formula is C18H21NO4. The first-order chi connectivity index (χ1) is 13.7. The van der Waals surface area contributed by atoms with Crippen molar-refractivity contribution in [2.24, 2.45) is 0 Å². The first kappa shape index (κ1) is 8.49. The molecule has 0 radical (unpaired) electrons. The number of nitrogens with zero attached hydrogens (tertiary/aromatic N) is 1. The molecule has 0 amide bonds. The van der Waals surface area contributed by atoms with Crippen molar-refractivity contribution in [1.29, 1.82) is 0 Å². The minimum atomic E-state index is -2.63. The van der Waals surface area contributed by atoms with Gasteiger partial charge in [0.15, 0.2) is 23.4 Å².